The molecule has 0 aliphatic heterocycles. The van der Waals surface area contributed by atoms with E-state index >= 15 is 0 Å². The molecule has 0 aromatic heterocycles. The zero-order chi connectivity index (χ0) is 16.7. The predicted molar refractivity (Wildman–Crippen MR) is 89.9 cm³/mol. The number of rotatable bonds is 6. The molecule has 2 aromatic carbocycles. The quantitative estimate of drug-likeness (QED) is 0.505. The van der Waals surface area contributed by atoms with Gasteiger partial charge in [0.2, 0.25) is 5.91 Å². The van der Waals surface area contributed by atoms with Crippen molar-refractivity contribution in [3.63, 3.8) is 0 Å². The van der Waals surface area contributed by atoms with Crippen LogP contribution in [0, 0.1) is 10.1 Å². The van der Waals surface area contributed by atoms with Crippen LogP contribution >= 0.6 is 0 Å². The lowest BCUT2D eigenvalue weighted by Gasteiger charge is -2.06. The van der Waals surface area contributed by atoms with Gasteiger partial charge in [-0.05, 0) is 30.5 Å². The Morgan fingerprint density at radius 3 is 2.39 bits per heavy atom. The molecule has 0 aliphatic rings. The van der Waals surface area contributed by atoms with Gasteiger partial charge in [0, 0.05) is 24.3 Å². The molecular weight excluding hydrogens is 292 g/mol. The average molecular weight is 310 g/mol. The van der Waals surface area contributed by atoms with Gasteiger partial charge in [-0.25, -0.2) is 0 Å². The van der Waals surface area contributed by atoms with Crippen LogP contribution in [0.4, 0.5) is 5.69 Å². The maximum atomic E-state index is 12.0. The fourth-order valence-corrected chi connectivity index (χ4v) is 2.11. The highest BCUT2D eigenvalue weighted by Crippen LogP contribution is 2.12. The first-order chi connectivity index (χ1) is 11.1. The molecule has 0 heterocycles. The van der Waals surface area contributed by atoms with Gasteiger partial charge in [0.05, 0.1) is 4.92 Å². The number of carbonyl (C=O) groups excluding carboxylic acids is 1. The van der Waals surface area contributed by atoms with E-state index in [1.54, 1.807) is 19.1 Å². The van der Waals surface area contributed by atoms with E-state index in [0.29, 0.717) is 18.5 Å². The van der Waals surface area contributed by atoms with E-state index in [2.05, 4.69) is 5.32 Å². The molecule has 0 unspecified atom stereocenters. The predicted octanol–water partition coefficient (Wildman–Crippen LogP) is 3.36. The number of hydrogen-bond donors (Lipinski definition) is 1. The van der Waals surface area contributed by atoms with Crippen molar-refractivity contribution >= 4 is 17.7 Å². The molecule has 0 saturated heterocycles. The second kappa shape index (κ2) is 7.89. The van der Waals surface area contributed by atoms with Gasteiger partial charge < -0.3 is 5.32 Å². The number of amides is 1. The molecule has 5 nitrogen and oxygen atoms in total. The minimum absolute atomic E-state index is 0.0689. The lowest BCUT2D eigenvalue weighted by Crippen LogP contribution is -2.26. The van der Waals surface area contributed by atoms with Gasteiger partial charge in [-0.2, -0.15) is 0 Å². The third kappa shape index (κ3) is 5.07. The van der Waals surface area contributed by atoms with Crippen LogP contribution in [0.15, 0.2) is 60.2 Å². The Morgan fingerprint density at radius 2 is 1.78 bits per heavy atom. The average Bonchev–Trinajstić information content (AvgIpc) is 2.56. The lowest BCUT2D eigenvalue weighted by atomic mass is 10.1. The molecule has 0 bridgehead atoms. The van der Waals surface area contributed by atoms with Gasteiger partial charge in [-0.3, -0.25) is 14.9 Å². The topological polar surface area (TPSA) is 72.2 Å². The van der Waals surface area contributed by atoms with Crippen LogP contribution in [-0.4, -0.2) is 17.4 Å². The monoisotopic (exact) mass is 310 g/mol. The largest absolute Gasteiger partial charge is 0.352 e. The van der Waals surface area contributed by atoms with Crippen LogP contribution in [0.5, 0.6) is 0 Å². The summed E-state index contributed by atoms with van der Waals surface area (Å²) in [7, 11) is 0. The maximum Gasteiger partial charge on any atom is 0.269 e. The number of non-ortho nitro benzene ring substituents is 1. The van der Waals surface area contributed by atoms with E-state index in [1.807, 2.05) is 36.4 Å². The second-order valence-corrected chi connectivity index (χ2v) is 5.17. The Morgan fingerprint density at radius 1 is 1.13 bits per heavy atom. The zero-order valence-electron chi connectivity index (χ0n) is 12.9. The summed E-state index contributed by atoms with van der Waals surface area (Å²) in [5.41, 5.74) is 2.63. The Hall–Kier alpha value is -2.95. The number of nitrogens with one attached hydrogen (secondary N) is 1. The molecule has 1 N–H and O–H groups in total. The number of nitro benzene ring substituents is 1. The minimum Gasteiger partial charge on any atom is -0.352 e. The maximum absolute atomic E-state index is 12.0. The van der Waals surface area contributed by atoms with Gasteiger partial charge >= 0.3 is 0 Å². The van der Waals surface area contributed by atoms with E-state index in [1.165, 1.54) is 12.1 Å². The summed E-state index contributed by atoms with van der Waals surface area (Å²) in [4.78, 5) is 22.2. The SMILES string of the molecule is C/C(=C\c1ccccc1)C(=O)NCCc1ccc([N+](=O)[O-])cc1. The Bertz CT molecular complexity index is 707. The molecule has 23 heavy (non-hydrogen) atoms. The molecule has 5 heteroatoms. The third-order valence-electron chi connectivity index (χ3n) is 3.39. The van der Waals surface area contributed by atoms with Gasteiger partial charge in [-0.15, -0.1) is 0 Å². The number of nitrogens with zero attached hydrogens (tertiary/aromatic N) is 1. The molecule has 1 amide bonds. The third-order valence-corrected chi connectivity index (χ3v) is 3.39. The normalized spacial score (nSPS) is 11.1. The first-order valence-electron chi connectivity index (χ1n) is 7.31. The summed E-state index contributed by atoms with van der Waals surface area (Å²) >= 11 is 0. The molecule has 2 aromatic rings. The van der Waals surface area contributed by atoms with Crippen LogP contribution in [0.2, 0.25) is 0 Å². The Labute approximate surface area is 134 Å². The smallest absolute Gasteiger partial charge is 0.269 e. The van der Waals surface area contributed by atoms with Crippen molar-refractivity contribution in [3.8, 4) is 0 Å². The summed E-state index contributed by atoms with van der Waals surface area (Å²) in [6.45, 7) is 2.25. The van der Waals surface area contributed by atoms with Gasteiger partial charge in [-0.1, -0.05) is 42.5 Å². The Kier molecular flexibility index (Phi) is 5.63. The van der Waals surface area contributed by atoms with Gasteiger partial charge in [0.25, 0.3) is 5.69 Å². The number of nitro groups is 1. The van der Waals surface area contributed by atoms with Crippen LogP contribution < -0.4 is 5.32 Å². The van der Waals surface area contributed by atoms with E-state index in [4.69, 9.17) is 0 Å². The molecular formula is C18H18N2O3. The van der Waals surface area contributed by atoms with Crippen molar-refractivity contribution in [1.82, 2.24) is 5.32 Å². The summed E-state index contributed by atoms with van der Waals surface area (Å²) < 4.78 is 0. The molecule has 0 atom stereocenters. The van der Waals surface area contributed by atoms with Crippen LogP contribution in [0.25, 0.3) is 6.08 Å². The summed E-state index contributed by atoms with van der Waals surface area (Å²) in [5.74, 6) is -0.115. The lowest BCUT2D eigenvalue weighted by molar-refractivity contribution is -0.384. The summed E-state index contributed by atoms with van der Waals surface area (Å²) in [5, 5.41) is 13.4. The van der Waals surface area contributed by atoms with Gasteiger partial charge in [0.15, 0.2) is 0 Å². The van der Waals surface area contributed by atoms with E-state index in [0.717, 1.165) is 11.1 Å². The standard InChI is InChI=1S/C18H18N2O3/c1-14(13-16-5-3-2-4-6-16)18(21)19-12-11-15-7-9-17(10-8-15)20(22)23/h2-10,13H,11-12H2,1H3,(H,19,21)/b14-13+. The number of hydrogen-bond acceptors (Lipinski definition) is 3. The fraction of sp³-hybridized carbons (Fsp3) is 0.167. The molecule has 0 spiro atoms. The number of benzene rings is 2. The van der Waals surface area contributed by atoms with Crippen molar-refractivity contribution in [3.05, 3.63) is 81.4 Å². The molecule has 0 aliphatic carbocycles. The van der Waals surface area contributed by atoms with E-state index in [-0.39, 0.29) is 11.6 Å². The summed E-state index contributed by atoms with van der Waals surface area (Å²) in [6, 6.07) is 16.0. The fourth-order valence-electron chi connectivity index (χ4n) is 2.11. The Balaban J connectivity index is 1.84. The van der Waals surface area contributed by atoms with Crippen LogP contribution in [0.3, 0.4) is 0 Å². The molecule has 0 saturated carbocycles. The second-order valence-electron chi connectivity index (χ2n) is 5.17. The van der Waals surface area contributed by atoms with Crippen molar-refractivity contribution in [2.45, 2.75) is 13.3 Å². The zero-order valence-corrected chi connectivity index (χ0v) is 12.9. The molecule has 2 rings (SSSR count). The van der Waals surface area contributed by atoms with Crippen molar-refractivity contribution in [2.24, 2.45) is 0 Å². The van der Waals surface area contributed by atoms with E-state index in [9.17, 15) is 14.9 Å². The van der Waals surface area contributed by atoms with Crippen molar-refractivity contribution in [1.29, 1.82) is 0 Å². The van der Waals surface area contributed by atoms with Crippen LogP contribution in [0.1, 0.15) is 18.1 Å². The van der Waals surface area contributed by atoms with Crippen molar-refractivity contribution < 1.29 is 9.72 Å². The first-order valence-corrected chi connectivity index (χ1v) is 7.31. The minimum atomic E-state index is -0.427. The highest BCUT2D eigenvalue weighted by Gasteiger charge is 2.06. The van der Waals surface area contributed by atoms with E-state index < -0.39 is 4.92 Å². The van der Waals surface area contributed by atoms with Crippen molar-refractivity contribution in [2.75, 3.05) is 6.54 Å². The molecule has 0 radical (unpaired) electrons. The van der Waals surface area contributed by atoms with Crippen LogP contribution in [-0.2, 0) is 11.2 Å². The highest BCUT2D eigenvalue weighted by molar-refractivity contribution is 5.97. The first kappa shape index (κ1) is 16.4. The molecule has 118 valence electrons. The highest BCUT2D eigenvalue weighted by atomic mass is 16.6. The summed E-state index contributed by atoms with van der Waals surface area (Å²) in [6.07, 6.45) is 2.46. The number of carbonyl (C=O) groups is 1. The molecule has 0 fully saturated rings. The van der Waals surface area contributed by atoms with Gasteiger partial charge in [0.1, 0.15) is 0 Å².